The molecule has 0 rings (SSSR count). The molecule has 3 unspecified atom stereocenters. The molecule has 0 aromatic rings. The van der Waals surface area contributed by atoms with E-state index in [1.165, 1.54) is 250 Å². The number of hydrogen-bond donors (Lipinski definition) is 0. The molecule has 3 atom stereocenters. The fourth-order valence-electron chi connectivity index (χ4n) is 9.65. The van der Waals surface area contributed by atoms with Crippen LogP contribution < -0.4 is 14.7 Å². The van der Waals surface area contributed by atoms with Gasteiger partial charge in [-0.2, -0.15) is 0 Å². The van der Waals surface area contributed by atoms with Gasteiger partial charge in [-0.05, 0) is 40.0 Å². The molecule has 0 spiro atoms. The summed E-state index contributed by atoms with van der Waals surface area (Å²) in [4.78, 5) is 34.4. The van der Waals surface area contributed by atoms with Gasteiger partial charge in [-0.25, -0.2) is 0 Å². The molecule has 0 aromatic heterocycles. The van der Waals surface area contributed by atoms with Crippen molar-refractivity contribution in [2.24, 2.45) is 0 Å². The van der Waals surface area contributed by atoms with Gasteiger partial charge in [0.2, 0.25) is 0 Å². The number of rotatable bonds is 69. The van der Waals surface area contributed by atoms with Crippen LogP contribution in [-0.2, 0) is 55.0 Å². The summed E-state index contributed by atoms with van der Waals surface area (Å²) in [5.74, 6) is 0. The van der Waals surface area contributed by atoms with Crippen LogP contribution in [-0.4, -0.2) is 96.6 Å². The fourth-order valence-corrected chi connectivity index (χ4v) is 11.8. The zero-order valence-electron chi connectivity index (χ0n) is 56.5. The van der Waals surface area contributed by atoms with Crippen LogP contribution in [0.1, 0.15) is 350 Å². The number of ether oxygens (including phenoxy) is 3. The Bertz CT molecular complexity index is 1220. The zero-order valence-corrected chi connectivity index (χ0v) is 60.3. The standard InChI is InChI=1S/3C22H47O5P.Al/c3*1-3-5-6-7-8-9-10-11-12-13-14-15-16-17-18-19-20-26-28(23,24)27-22-21-25-4-2;/h3*3-22H2,1-2H3,(H,23,24);/q;;;+3/p-3. The Labute approximate surface area is 536 Å². The smallest absolute Gasteiger partial charge is 0.756 e. The molecule has 0 heterocycles. The van der Waals surface area contributed by atoms with Crippen molar-refractivity contribution in [3.8, 4) is 0 Å². The summed E-state index contributed by atoms with van der Waals surface area (Å²) >= 11 is 0. The van der Waals surface area contributed by atoms with Crippen molar-refractivity contribution in [1.29, 1.82) is 0 Å². The quantitative estimate of drug-likeness (QED) is 0.0316. The van der Waals surface area contributed by atoms with Gasteiger partial charge in [-0.1, -0.05) is 310 Å². The van der Waals surface area contributed by atoms with Crippen LogP contribution in [0, 0.1) is 0 Å². The van der Waals surface area contributed by atoms with Crippen LogP contribution in [0.15, 0.2) is 0 Å². The van der Waals surface area contributed by atoms with Crippen LogP contribution in [0.3, 0.4) is 0 Å². The van der Waals surface area contributed by atoms with Gasteiger partial charge in [0.05, 0.1) is 59.5 Å². The van der Waals surface area contributed by atoms with E-state index < -0.39 is 23.5 Å². The molecular formula is C66H138AlO15P3. The van der Waals surface area contributed by atoms with Crippen molar-refractivity contribution in [2.45, 2.75) is 350 Å². The second-order valence-electron chi connectivity index (χ2n) is 22.8. The van der Waals surface area contributed by atoms with Gasteiger partial charge in [0.25, 0.3) is 23.5 Å². The van der Waals surface area contributed by atoms with Gasteiger partial charge < -0.3 is 56.0 Å². The van der Waals surface area contributed by atoms with Gasteiger partial charge in [-0.3, -0.25) is 13.7 Å². The molecule has 0 bridgehead atoms. The molecule has 0 aliphatic heterocycles. The molecule has 0 saturated carbocycles. The van der Waals surface area contributed by atoms with Crippen LogP contribution >= 0.6 is 23.5 Å². The SMILES string of the molecule is CCCCCCCCCCCCCCCCCCOP(=O)([O-])OCCOCC.CCCCCCCCCCCCCCCCCCOP(=O)([O-])OCCOCC.CCCCCCCCCCCCCCCCCCOP(=O)([O-])OCCOCC.[Al+3]. The third-order valence-electron chi connectivity index (χ3n) is 14.8. The van der Waals surface area contributed by atoms with E-state index in [2.05, 4.69) is 20.8 Å². The minimum Gasteiger partial charge on any atom is -0.756 e. The van der Waals surface area contributed by atoms with Crippen LogP contribution in [0.25, 0.3) is 0 Å². The Morgan fingerprint density at radius 2 is 0.329 bits per heavy atom. The van der Waals surface area contributed by atoms with E-state index in [1.807, 2.05) is 20.8 Å². The van der Waals surface area contributed by atoms with Crippen LogP contribution in [0.5, 0.6) is 0 Å². The Hall–Kier alpha value is 0.742. The molecule has 0 amide bonds. The zero-order chi connectivity index (χ0) is 62.3. The summed E-state index contributed by atoms with van der Waals surface area (Å²) in [6.45, 7) is 15.5. The molecule has 0 fully saturated rings. The Morgan fingerprint density at radius 1 is 0.200 bits per heavy atom. The molecule has 0 N–H and O–H groups in total. The molecule has 0 aliphatic rings. The van der Waals surface area contributed by atoms with Gasteiger partial charge in [0.15, 0.2) is 0 Å². The van der Waals surface area contributed by atoms with E-state index in [4.69, 9.17) is 41.4 Å². The third-order valence-corrected chi connectivity index (χ3v) is 17.8. The maximum Gasteiger partial charge on any atom is 3.00 e. The van der Waals surface area contributed by atoms with E-state index in [9.17, 15) is 28.4 Å². The van der Waals surface area contributed by atoms with Crippen LogP contribution in [0.4, 0.5) is 0 Å². The summed E-state index contributed by atoms with van der Waals surface area (Å²) in [6.07, 6.45) is 62.2. The first-order valence-electron chi connectivity index (χ1n) is 35.4. The molecule has 510 valence electrons. The molecular weight excluding hydrogens is 1150 g/mol. The monoisotopic (exact) mass is 1290 g/mol. The first kappa shape index (κ1) is 92.2. The molecule has 0 aromatic carbocycles. The normalized spacial score (nSPS) is 13.5. The van der Waals surface area contributed by atoms with Crippen molar-refractivity contribution in [3.63, 3.8) is 0 Å². The average Bonchev–Trinajstić information content (AvgIpc) is 3.49. The summed E-state index contributed by atoms with van der Waals surface area (Å²) in [5.41, 5.74) is 0. The first-order chi connectivity index (χ1) is 40.9. The summed E-state index contributed by atoms with van der Waals surface area (Å²) in [6, 6.07) is 0. The van der Waals surface area contributed by atoms with Crippen molar-refractivity contribution in [2.75, 3.05) is 79.3 Å². The maximum absolute atomic E-state index is 11.5. The molecule has 19 heteroatoms. The third kappa shape index (κ3) is 86.8. The molecule has 0 saturated heterocycles. The molecule has 0 radical (unpaired) electrons. The Morgan fingerprint density at radius 3 is 0.471 bits per heavy atom. The van der Waals surface area contributed by atoms with Crippen molar-refractivity contribution < 1.29 is 69.7 Å². The van der Waals surface area contributed by atoms with Crippen LogP contribution in [0.2, 0.25) is 0 Å². The topological polar surface area (TPSA) is 203 Å². The summed E-state index contributed by atoms with van der Waals surface area (Å²) in [7, 11) is -12.5. The second-order valence-corrected chi connectivity index (χ2v) is 27.1. The van der Waals surface area contributed by atoms with Gasteiger partial charge in [-0.15, -0.1) is 0 Å². The predicted molar refractivity (Wildman–Crippen MR) is 352 cm³/mol. The van der Waals surface area contributed by atoms with E-state index in [0.717, 1.165) is 57.8 Å². The van der Waals surface area contributed by atoms with E-state index >= 15 is 0 Å². The average molecular weight is 1290 g/mol. The van der Waals surface area contributed by atoms with Gasteiger partial charge in [0.1, 0.15) is 0 Å². The minimum atomic E-state index is -4.15. The van der Waals surface area contributed by atoms with E-state index in [0.29, 0.717) is 19.8 Å². The first-order valence-corrected chi connectivity index (χ1v) is 39.8. The fraction of sp³-hybridized carbons (Fsp3) is 1.00. The van der Waals surface area contributed by atoms with E-state index in [1.54, 1.807) is 0 Å². The predicted octanol–water partition coefficient (Wildman–Crippen LogP) is 20.0. The molecule has 85 heavy (non-hydrogen) atoms. The molecule has 15 nitrogen and oxygen atoms in total. The van der Waals surface area contributed by atoms with Crippen molar-refractivity contribution >= 4 is 40.8 Å². The summed E-state index contributed by atoms with van der Waals surface area (Å²) in [5, 5.41) is 0. The number of unbranched alkanes of at least 4 members (excludes halogenated alkanes) is 45. The van der Waals surface area contributed by atoms with Crippen molar-refractivity contribution in [3.05, 3.63) is 0 Å². The van der Waals surface area contributed by atoms with E-state index in [-0.39, 0.29) is 76.8 Å². The number of phosphoric ester groups is 3. The van der Waals surface area contributed by atoms with Crippen molar-refractivity contribution in [1.82, 2.24) is 0 Å². The number of hydrogen-bond acceptors (Lipinski definition) is 15. The van der Waals surface area contributed by atoms with Gasteiger partial charge >= 0.3 is 17.4 Å². The largest absolute Gasteiger partial charge is 3.00 e. The maximum atomic E-state index is 11.5. The Kier molecular flexibility index (Phi) is 83.7. The second kappa shape index (κ2) is 77.2. The summed E-state index contributed by atoms with van der Waals surface area (Å²) < 4.78 is 78.2. The minimum absolute atomic E-state index is 0. The van der Waals surface area contributed by atoms with Gasteiger partial charge in [0, 0.05) is 19.8 Å². The molecule has 0 aliphatic carbocycles. The number of phosphoric acid groups is 3. The Balaban J connectivity index is -0.000000576.